The maximum Gasteiger partial charge on any atom is 0.224 e. The lowest BCUT2D eigenvalue weighted by Crippen LogP contribution is -2.29. The van der Waals surface area contributed by atoms with Crippen LogP contribution in [-0.2, 0) is 11.2 Å². The first-order chi connectivity index (χ1) is 10.0. The predicted molar refractivity (Wildman–Crippen MR) is 88.4 cm³/mol. The molecule has 2 N–H and O–H groups in total. The van der Waals surface area contributed by atoms with E-state index in [-0.39, 0.29) is 5.91 Å². The molecule has 1 aromatic carbocycles. The van der Waals surface area contributed by atoms with E-state index in [1.807, 2.05) is 0 Å². The van der Waals surface area contributed by atoms with Crippen LogP contribution >= 0.6 is 0 Å². The van der Waals surface area contributed by atoms with E-state index in [1.165, 1.54) is 11.1 Å². The van der Waals surface area contributed by atoms with Crippen LogP contribution in [0.2, 0.25) is 0 Å². The van der Waals surface area contributed by atoms with Gasteiger partial charge in [-0.05, 0) is 48.4 Å². The van der Waals surface area contributed by atoms with Crippen molar-refractivity contribution in [1.29, 1.82) is 0 Å². The molecule has 1 aromatic rings. The highest BCUT2D eigenvalue weighted by molar-refractivity contribution is 5.92. The Balaban J connectivity index is 2.30. The van der Waals surface area contributed by atoms with E-state index in [0.29, 0.717) is 24.3 Å². The van der Waals surface area contributed by atoms with Crippen molar-refractivity contribution in [2.45, 2.75) is 53.0 Å². The SMILES string of the molecule is CCNC(c1ccc2c(c1)CCCC(=O)N2)C(C)C(C)C. The second kappa shape index (κ2) is 7.08. The number of fused-ring (bicyclic) bond motifs is 1. The minimum Gasteiger partial charge on any atom is -0.326 e. The molecule has 0 aliphatic carbocycles. The van der Waals surface area contributed by atoms with Gasteiger partial charge in [-0.1, -0.05) is 39.8 Å². The molecular formula is C18H28N2O. The Bertz CT molecular complexity index is 496. The number of aryl methyl sites for hydroxylation is 1. The van der Waals surface area contributed by atoms with Gasteiger partial charge >= 0.3 is 0 Å². The number of carbonyl (C=O) groups is 1. The van der Waals surface area contributed by atoms with Crippen LogP contribution in [0.1, 0.15) is 57.7 Å². The molecule has 0 saturated heterocycles. The summed E-state index contributed by atoms with van der Waals surface area (Å²) >= 11 is 0. The molecule has 2 unspecified atom stereocenters. The Morgan fingerprint density at radius 3 is 2.67 bits per heavy atom. The first-order valence-corrected chi connectivity index (χ1v) is 8.19. The van der Waals surface area contributed by atoms with Crippen LogP contribution < -0.4 is 10.6 Å². The highest BCUT2D eigenvalue weighted by Crippen LogP contribution is 2.31. The number of amides is 1. The molecule has 1 heterocycles. The van der Waals surface area contributed by atoms with E-state index in [4.69, 9.17) is 0 Å². The number of hydrogen-bond acceptors (Lipinski definition) is 2. The van der Waals surface area contributed by atoms with Crippen molar-refractivity contribution in [3.05, 3.63) is 29.3 Å². The van der Waals surface area contributed by atoms with Crippen LogP contribution in [0.3, 0.4) is 0 Å². The van der Waals surface area contributed by atoms with Gasteiger partial charge in [-0.3, -0.25) is 4.79 Å². The summed E-state index contributed by atoms with van der Waals surface area (Å²) in [6.07, 6.45) is 2.55. The van der Waals surface area contributed by atoms with Crippen molar-refractivity contribution in [2.75, 3.05) is 11.9 Å². The number of hydrogen-bond donors (Lipinski definition) is 2. The quantitative estimate of drug-likeness (QED) is 0.862. The Labute approximate surface area is 128 Å². The molecule has 0 spiro atoms. The van der Waals surface area contributed by atoms with Crippen LogP contribution in [0.4, 0.5) is 5.69 Å². The Hall–Kier alpha value is -1.35. The first kappa shape index (κ1) is 16.0. The van der Waals surface area contributed by atoms with E-state index in [0.717, 1.165) is 25.1 Å². The summed E-state index contributed by atoms with van der Waals surface area (Å²) in [6.45, 7) is 9.99. The molecular weight excluding hydrogens is 260 g/mol. The molecule has 0 radical (unpaired) electrons. The van der Waals surface area contributed by atoms with Crippen LogP contribution in [0.5, 0.6) is 0 Å². The smallest absolute Gasteiger partial charge is 0.224 e. The molecule has 3 heteroatoms. The summed E-state index contributed by atoms with van der Waals surface area (Å²) in [5, 5.41) is 6.64. The zero-order chi connectivity index (χ0) is 15.4. The number of anilines is 1. The Morgan fingerprint density at radius 2 is 2.00 bits per heavy atom. The second-order valence-corrected chi connectivity index (χ2v) is 6.46. The molecule has 3 nitrogen and oxygen atoms in total. The fourth-order valence-corrected chi connectivity index (χ4v) is 3.00. The molecule has 0 fully saturated rings. The maximum atomic E-state index is 11.6. The minimum atomic E-state index is 0.139. The molecule has 1 aliphatic rings. The molecule has 0 saturated carbocycles. The number of nitrogens with one attached hydrogen (secondary N) is 2. The lowest BCUT2D eigenvalue weighted by molar-refractivity contribution is -0.116. The van der Waals surface area contributed by atoms with Gasteiger partial charge in [0.15, 0.2) is 0 Å². The summed E-state index contributed by atoms with van der Waals surface area (Å²) in [4.78, 5) is 11.6. The topological polar surface area (TPSA) is 41.1 Å². The summed E-state index contributed by atoms with van der Waals surface area (Å²) < 4.78 is 0. The van der Waals surface area contributed by atoms with Crippen molar-refractivity contribution in [2.24, 2.45) is 11.8 Å². The molecule has 0 bridgehead atoms. The van der Waals surface area contributed by atoms with Crippen LogP contribution in [0.15, 0.2) is 18.2 Å². The maximum absolute atomic E-state index is 11.6. The summed E-state index contributed by atoms with van der Waals surface area (Å²) in [5.41, 5.74) is 3.61. The first-order valence-electron chi connectivity index (χ1n) is 8.19. The molecule has 1 amide bonds. The normalized spacial score (nSPS) is 17.9. The monoisotopic (exact) mass is 288 g/mol. The number of rotatable bonds is 5. The lowest BCUT2D eigenvalue weighted by atomic mass is 9.85. The van der Waals surface area contributed by atoms with Crippen molar-refractivity contribution in [3.63, 3.8) is 0 Å². The van der Waals surface area contributed by atoms with E-state index < -0.39 is 0 Å². The molecule has 21 heavy (non-hydrogen) atoms. The predicted octanol–water partition coefficient (Wildman–Crippen LogP) is 3.90. The lowest BCUT2D eigenvalue weighted by Gasteiger charge is -2.29. The molecule has 1 aliphatic heterocycles. The van der Waals surface area contributed by atoms with Crippen molar-refractivity contribution >= 4 is 11.6 Å². The van der Waals surface area contributed by atoms with Gasteiger partial charge < -0.3 is 10.6 Å². The van der Waals surface area contributed by atoms with Crippen molar-refractivity contribution in [3.8, 4) is 0 Å². The zero-order valence-electron chi connectivity index (χ0n) is 13.7. The fourth-order valence-electron chi connectivity index (χ4n) is 3.00. The standard InChI is InChI=1S/C18H28N2O/c1-5-19-18(13(4)12(2)3)15-9-10-16-14(11-15)7-6-8-17(21)20-16/h9-13,18-19H,5-8H2,1-4H3,(H,20,21). The van der Waals surface area contributed by atoms with Gasteiger partial charge in [0.05, 0.1) is 0 Å². The Morgan fingerprint density at radius 1 is 1.24 bits per heavy atom. The molecule has 116 valence electrons. The average molecular weight is 288 g/mol. The Kier molecular flexibility index (Phi) is 5.40. The van der Waals surface area contributed by atoms with Crippen LogP contribution in [-0.4, -0.2) is 12.5 Å². The number of carbonyl (C=O) groups excluding carboxylic acids is 1. The van der Waals surface area contributed by atoms with Gasteiger partial charge in [0, 0.05) is 18.2 Å². The molecule has 2 atom stereocenters. The molecule has 2 rings (SSSR count). The van der Waals surface area contributed by atoms with E-state index >= 15 is 0 Å². The van der Waals surface area contributed by atoms with E-state index in [1.54, 1.807) is 0 Å². The number of benzene rings is 1. The third-order valence-corrected chi connectivity index (χ3v) is 4.61. The van der Waals surface area contributed by atoms with Gasteiger partial charge in [0.1, 0.15) is 0 Å². The van der Waals surface area contributed by atoms with Gasteiger partial charge in [-0.15, -0.1) is 0 Å². The largest absolute Gasteiger partial charge is 0.326 e. The zero-order valence-corrected chi connectivity index (χ0v) is 13.7. The molecule has 0 aromatic heterocycles. The highest BCUT2D eigenvalue weighted by Gasteiger charge is 2.22. The van der Waals surface area contributed by atoms with Crippen LogP contribution in [0, 0.1) is 11.8 Å². The second-order valence-electron chi connectivity index (χ2n) is 6.46. The van der Waals surface area contributed by atoms with E-state index in [9.17, 15) is 4.79 Å². The van der Waals surface area contributed by atoms with Gasteiger partial charge in [0.25, 0.3) is 0 Å². The fraction of sp³-hybridized carbons (Fsp3) is 0.611. The van der Waals surface area contributed by atoms with Crippen LogP contribution in [0.25, 0.3) is 0 Å². The van der Waals surface area contributed by atoms with Crippen molar-refractivity contribution in [1.82, 2.24) is 5.32 Å². The van der Waals surface area contributed by atoms with Gasteiger partial charge in [0.2, 0.25) is 5.91 Å². The highest BCUT2D eigenvalue weighted by atomic mass is 16.1. The van der Waals surface area contributed by atoms with Crippen molar-refractivity contribution < 1.29 is 4.79 Å². The van der Waals surface area contributed by atoms with E-state index in [2.05, 4.69) is 56.5 Å². The third-order valence-electron chi connectivity index (χ3n) is 4.61. The minimum absolute atomic E-state index is 0.139. The summed E-state index contributed by atoms with van der Waals surface area (Å²) in [5.74, 6) is 1.34. The summed E-state index contributed by atoms with van der Waals surface area (Å²) in [6, 6.07) is 6.90. The van der Waals surface area contributed by atoms with Gasteiger partial charge in [-0.2, -0.15) is 0 Å². The summed E-state index contributed by atoms with van der Waals surface area (Å²) in [7, 11) is 0. The average Bonchev–Trinajstić information content (AvgIpc) is 2.63. The van der Waals surface area contributed by atoms with Gasteiger partial charge in [-0.25, -0.2) is 0 Å². The third kappa shape index (κ3) is 3.85.